The summed E-state index contributed by atoms with van der Waals surface area (Å²) >= 11 is 6.66. The van der Waals surface area contributed by atoms with Gasteiger partial charge in [-0.2, -0.15) is 0 Å². The summed E-state index contributed by atoms with van der Waals surface area (Å²) in [6, 6.07) is 1.62. The van der Waals surface area contributed by atoms with Crippen molar-refractivity contribution in [1.82, 2.24) is 5.32 Å². The number of aliphatic carboxylic acids is 1. The number of hydrogen-bond acceptors (Lipinski definition) is 4. The Bertz CT molecular complexity index is 355. The van der Waals surface area contributed by atoms with E-state index in [1.54, 1.807) is 23.1 Å². The van der Waals surface area contributed by atoms with Gasteiger partial charge >= 0.3 is 5.97 Å². The molecule has 0 unspecified atom stereocenters. The van der Waals surface area contributed by atoms with Crippen LogP contribution in [0.5, 0.6) is 0 Å². The van der Waals surface area contributed by atoms with Crippen molar-refractivity contribution in [3.05, 3.63) is 20.8 Å². The number of carboxylic acids is 1. The first-order valence-corrected chi connectivity index (χ1v) is 6.73. The second-order valence-corrected chi connectivity index (χ2v) is 5.93. The van der Waals surface area contributed by atoms with Crippen LogP contribution in [0.25, 0.3) is 0 Å². The Morgan fingerprint density at radius 1 is 1.71 bits per heavy atom. The molecule has 2 heterocycles. The van der Waals surface area contributed by atoms with Crippen molar-refractivity contribution in [2.24, 2.45) is 0 Å². The Morgan fingerprint density at radius 3 is 3.00 bits per heavy atom. The van der Waals surface area contributed by atoms with Crippen LogP contribution in [0, 0.1) is 0 Å². The van der Waals surface area contributed by atoms with E-state index >= 15 is 0 Å². The van der Waals surface area contributed by atoms with Crippen molar-refractivity contribution in [2.45, 2.75) is 11.4 Å². The molecule has 0 amide bonds. The summed E-state index contributed by atoms with van der Waals surface area (Å²) in [5, 5.41) is 14.0. The lowest BCUT2D eigenvalue weighted by Crippen LogP contribution is -2.33. The summed E-state index contributed by atoms with van der Waals surface area (Å²) < 4.78 is 1.05. The molecule has 1 fully saturated rings. The minimum Gasteiger partial charge on any atom is -0.480 e. The zero-order valence-electron chi connectivity index (χ0n) is 7.07. The highest BCUT2D eigenvalue weighted by atomic mass is 79.9. The molecule has 14 heavy (non-hydrogen) atoms. The van der Waals surface area contributed by atoms with Gasteiger partial charge in [-0.3, -0.25) is 10.1 Å². The normalized spacial score (nSPS) is 26.6. The number of carboxylic acid groups (broad SMARTS) is 1. The van der Waals surface area contributed by atoms with Crippen LogP contribution < -0.4 is 5.32 Å². The Balaban J connectivity index is 2.05. The van der Waals surface area contributed by atoms with Crippen LogP contribution in [-0.4, -0.2) is 22.9 Å². The molecule has 1 aromatic rings. The third-order valence-electron chi connectivity index (χ3n) is 1.93. The zero-order chi connectivity index (χ0) is 10.1. The van der Waals surface area contributed by atoms with E-state index in [2.05, 4.69) is 21.2 Å². The lowest BCUT2D eigenvalue weighted by molar-refractivity contribution is -0.138. The summed E-state index contributed by atoms with van der Waals surface area (Å²) in [6.45, 7) is 0. The minimum atomic E-state index is -0.768. The van der Waals surface area contributed by atoms with Gasteiger partial charge in [0.05, 0.1) is 5.37 Å². The van der Waals surface area contributed by atoms with Crippen molar-refractivity contribution in [3.63, 3.8) is 0 Å². The van der Waals surface area contributed by atoms with Gasteiger partial charge in [0, 0.05) is 20.5 Å². The monoisotopic (exact) mass is 293 g/mol. The van der Waals surface area contributed by atoms with E-state index in [9.17, 15) is 4.79 Å². The smallest absolute Gasteiger partial charge is 0.321 e. The average Bonchev–Trinajstić information content (AvgIpc) is 2.70. The third kappa shape index (κ3) is 2.13. The predicted molar refractivity (Wildman–Crippen MR) is 61.8 cm³/mol. The predicted octanol–water partition coefficient (Wildman–Crippen LogP) is 2.30. The van der Waals surface area contributed by atoms with Crippen LogP contribution in [0.4, 0.5) is 0 Å². The van der Waals surface area contributed by atoms with Crippen LogP contribution in [0.3, 0.4) is 0 Å². The summed E-state index contributed by atoms with van der Waals surface area (Å²) in [5.41, 5.74) is 0. The molecule has 0 bridgehead atoms. The highest BCUT2D eigenvalue weighted by molar-refractivity contribution is 9.10. The molecule has 1 aliphatic heterocycles. The number of thioether (sulfide) groups is 1. The molecule has 0 saturated carbocycles. The van der Waals surface area contributed by atoms with Gasteiger partial charge in [0.15, 0.2) is 0 Å². The number of nitrogens with one attached hydrogen (secondary N) is 1. The van der Waals surface area contributed by atoms with E-state index in [0.717, 1.165) is 4.47 Å². The average molecular weight is 294 g/mol. The standard InChI is InChI=1S/C8H8BrNO2S2/c9-4-1-6(13-2-4)7-10-5(3-14-7)8(11)12/h1-2,5,7,10H,3H2,(H,11,12)/t5-,7-/m1/s1. The van der Waals surface area contributed by atoms with Crippen molar-refractivity contribution in [1.29, 1.82) is 0 Å². The second kappa shape index (κ2) is 4.22. The van der Waals surface area contributed by atoms with Gasteiger partial charge in [0.1, 0.15) is 6.04 Å². The Labute approximate surface area is 98.0 Å². The van der Waals surface area contributed by atoms with Crippen molar-refractivity contribution in [2.75, 3.05) is 5.75 Å². The second-order valence-electron chi connectivity index (χ2n) is 2.94. The summed E-state index contributed by atoms with van der Waals surface area (Å²) in [5.74, 6) is -0.133. The summed E-state index contributed by atoms with van der Waals surface area (Å²) in [4.78, 5) is 11.9. The van der Waals surface area contributed by atoms with E-state index in [0.29, 0.717) is 5.75 Å². The molecule has 0 spiro atoms. The van der Waals surface area contributed by atoms with E-state index < -0.39 is 12.0 Å². The number of halogens is 1. The quantitative estimate of drug-likeness (QED) is 0.878. The van der Waals surface area contributed by atoms with Gasteiger partial charge in [-0.1, -0.05) is 0 Å². The van der Waals surface area contributed by atoms with E-state index in [-0.39, 0.29) is 5.37 Å². The molecule has 2 rings (SSSR count). The SMILES string of the molecule is O=C(O)[C@H]1CS[C@H](c2cc(Br)cs2)N1. The fourth-order valence-electron chi connectivity index (χ4n) is 1.24. The first kappa shape index (κ1) is 10.5. The van der Waals surface area contributed by atoms with Crippen LogP contribution in [0.1, 0.15) is 10.3 Å². The first-order valence-electron chi connectivity index (χ1n) is 4.01. The minimum absolute atomic E-state index is 0.132. The van der Waals surface area contributed by atoms with Crippen LogP contribution >= 0.6 is 39.0 Å². The van der Waals surface area contributed by atoms with Crippen molar-refractivity contribution < 1.29 is 9.90 Å². The number of hydrogen-bond donors (Lipinski definition) is 2. The largest absolute Gasteiger partial charge is 0.480 e. The third-order valence-corrected chi connectivity index (χ3v) is 5.08. The van der Waals surface area contributed by atoms with E-state index in [4.69, 9.17) is 5.11 Å². The number of carbonyl (C=O) groups is 1. The Kier molecular flexibility index (Phi) is 3.16. The van der Waals surface area contributed by atoms with Gasteiger partial charge in [-0.25, -0.2) is 0 Å². The maximum atomic E-state index is 10.7. The fourth-order valence-corrected chi connectivity index (χ4v) is 4.11. The fraction of sp³-hybridized carbons (Fsp3) is 0.375. The maximum Gasteiger partial charge on any atom is 0.321 e. The summed E-state index contributed by atoms with van der Waals surface area (Å²) in [6.07, 6.45) is 0. The molecule has 0 radical (unpaired) electrons. The van der Waals surface area contributed by atoms with Gasteiger partial charge in [0.25, 0.3) is 0 Å². The Morgan fingerprint density at radius 2 is 2.50 bits per heavy atom. The van der Waals surface area contributed by atoms with Crippen LogP contribution in [0.2, 0.25) is 0 Å². The lowest BCUT2D eigenvalue weighted by atomic mass is 10.3. The lowest BCUT2D eigenvalue weighted by Gasteiger charge is -2.07. The van der Waals surface area contributed by atoms with Crippen molar-refractivity contribution in [3.8, 4) is 0 Å². The molecule has 1 aromatic heterocycles. The molecule has 2 atom stereocenters. The molecule has 3 nitrogen and oxygen atoms in total. The maximum absolute atomic E-state index is 10.7. The van der Waals surface area contributed by atoms with E-state index in [1.165, 1.54) is 4.88 Å². The van der Waals surface area contributed by atoms with Crippen molar-refractivity contribution >= 4 is 45.0 Å². The molecular formula is C8H8BrNO2S2. The van der Waals surface area contributed by atoms with Gasteiger partial charge in [0.2, 0.25) is 0 Å². The highest BCUT2D eigenvalue weighted by Crippen LogP contribution is 2.37. The van der Waals surface area contributed by atoms with Gasteiger partial charge < -0.3 is 5.11 Å². The topological polar surface area (TPSA) is 49.3 Å². The number of rotatable bonds is 2. The highest BCUT2D eigenvalue weighted by Gasteiger charge is 2.30. The number of thiophene rings is 1. The van der Waals surface area contributed by atoms with Gasteiger partial charge in [-0.05, 0) is 22.0 Å². The molecule has 1 saturated heterocycles. The molecule has 6 heteroatoms. The summed E-state index contributed by atoms with van der Waals surface area (Å²) in [7, 11) is 0. The Hall–Kier alpha value is -0.0400. The van der Waals surface area contributed by atoms with Crippen LogP contribution in [0.15, 0.2) is 15.9 Å². The molecule has 2 N–H and O–H groups in total. The zero-order valence-corrected chi connectivity index (χ0v) is 10.3. The van der Waals surface area contributed by atoms with Crippen LogP contribution in [-0.2, 0) is 4.79 Å². The first-order chi connectivity index (χ1) is 6.66. The molecule has 76 valence electrons. The molecule has 1 aliphatic rings. The van der Waals surface area contributed by atoms with Gasteiger partial charge in [-0.15, -0.1) is 23.1 Å². The molecule has 0 aliphatic carbocycles. The van der Waals surface area contributed by atoms with E-state index in [1.807, 2.05) is 11.4 Å². The molecular weight excluding hydrogens is 286 g/mol. The molecule has 0 aromatic carbocycles.